The summed E-state index contributed by atoms with van der Waals surface area (Å²) in [5, 5.41) is 0. The summed E-state index contributed by atoms with van der Waals surface area (Å²) in [5.74, 6) is 0.516. The van der Waals surface area contributed by atoms with Gasteiger partial charge in [0.25, 0.3) is 0 Å². The van der Waals surface area contributed by atoms with Gasteiger partial charge in [-0.3, -0.25) is 0 Å². The molecular formula is C29H23Zr. The molecule has 30 heavy (non-hydrogen) atoms. The summed E-state index contributed by atoms with van der Waals surface area (Å²) < 4.78 is 0.566. The van der Waals surface area contributed by atoms with Crippen LogP contribution in [-0.4, -0.2) is 0 Å². The molecule has 143 valence electrons. The van der Waals surface area contributed by atoms with Crippen LogP contribution < -0.4 is 0 Å². The van der Waals surface area contributed by atoms with E-state index in [1.165, 1.54) is 33.4 Å². The standard InChI is InChI=1S/C29H23.Zr/c1-19(23-13-7-15-27-25-12-5-3-9-22(25)18-29(23)27)16-20-10-6-14-26-24-11-4-2-8-21(24)17-28(20)26;/h2-16,19H,17-18H2,1H3;. The van der Waals surface area contributed by atoms with E-state index in [4.69, 9.17) is 0 Å². The minimum atomic E-state index is 0.516. The van der Waals surface area contributed by atoms with Gasteiger partial charge in [0.1, 0.15) is 0 Å². The zero-order chi connectivity index (χ0) is 20.2. The molecule has 0 bridgehead atoms. The van der Waals surface area contributed by atoms with Gasteiger partial charge in [0.15, 0.2) is 0 Å². The van der Waals surface area contributed by atoms with Gasteiger partial charge >= 0.3 is 195 Å². The van der Waals surface area contributed by atoms with Crippen LogP contribution in [0.1, 0.15) is 49.8 Å². The Hall–Kier alpha value is -2.24. The summed E-state index contributed by atoms with van der Waals surface area (Å²) in [7, 11) is 0. The molecule has 0 spiro atoms. The normalized spacial score (nSPS) is 15.1. The minimum absolute atomic E-state index is 0.516. The first-order valence-electron chi connectivity index (χ1n) is 10.8. The molecule has 0 heterocycles. The van der Waals surface area contributed by atoms with Crippen molar-refractivity contribution in [3.05, 3.63) is 118 Å². The van der Waals surface area contributed by atoms with Crippen LogP contribution in [0.3, 0.4) is 0 Å². The molecule has 0 N–H and O–H groups in total. The van der Waals surface area contributed by atoms with Gasteiger partial charge in [-0.2, -0.15) is 0 Å². The van der Waals surface area contributed by atoms with Gasteiger partial charge in [-0.15, -0.1) is 0 Å². The molecule has 4 aromatic rings. The van der Waals surface area contributed by atoms with Crippen molar-refractivity contribution in [1.82, 2.24) is 0 Å². The molecule has 2 aliphatic carbocycles. The average molecular weight is 463 g/mol. The van der Waals surface area contributed by atoms with Crippen LogP contribution in [0.4, 0.5) is 0 Å². The van der Waals surface area contributed by atoms with Crippen LogP contribution in [0.15, 0.2) is 84.9 Å². The van der Waals surface area contributed by atoms with E-state index in [0.29, 0.717) is 9.54 Å². The third kappa shape index (κ3) is 2.75. The van der Waals surface area contributed by atoms with E-state index < -0.39 is 0 Å². The van der Waals surface area contributed by atoms with Gasteiger partial charge < -0.3 is 0 Å². The maximum absolute atomic E-state index is 2.44. The summed E-state index contributed by atoms with van der Waals surface area (Å²) in [5.41, 5.74) is 14.9. The van der Waals surface area contributed by atoms with Crippen LogP contribution in [0.25, 0.3) is 22.3 Å². The fraction of sp³-hybridized carbons (Fsp3) is 0.172. The number of hydrogen-bond acceptors (Lipinski definition) is 0. The van der Waals surface area contributed by atoms with Gasteiger partial charge in [-0.05, 0) is 0 Å². The van der Waals surface area contributed by atoms with Gasteiger partial charge in [0.05, 0.1) is 0 Å². The Morgan fingerprint density at radius 2 is 1.03 bits per heavy atom. The van der Waals surface area contributed by atoms with Crippen LogP contribution >= 0.6 is 0 Å². The Morgan fingerprint density at radius 3 is 1.63 bits per heavy atom. The van der Waals surface area contributed by atoms with Gasteiger partial charge in [0, 0.05) is 0 Å². The van der Waals surface area contributed by atoms with Crippen molar-refractivity contribution in [2.24, 2.45) is 0 Å². The topological polar surface area (TPSA) is 0 Å². The maximum atomic E-state index is 2.44. The molecule has 1 heteroatoms. The Labute approximate surface area is 193 Å². The first kappa shape index (κ1) is 18.5. The van der Waals surface area contributed by atoms with Crippen molar-refractivity contribution in [3.8, 4) is 22.3 Å². The Balaban J connectivity index is 1.40. The summed E-state index contributed by atoms with van der Waals surface area (Å²) in [6.45, 7) is 2.44. The molecule has 0 saturated carbocycles. The molecule has 0 saturated heterocycles. The van der Waals surface area contributed by atoms with E-state index in [9.17, 15) is 0 Å². The summed E-state index contributed by atoms with van der Waals surface area (Å²) >= 11 is 1.60. The van der Waals surface area contributed by atoms with E-state index in [2.05, 4.69) is 91.9 Å². The zero-order valence-corrected chi connectivity index (χ0v) is 19.6. The predicted molar refractivity (Wildman–Crippen MR) is 121 cm³/mol. The van der Waals surface area contributed by atoms with E-state index in [-0.39, 0.29) is 0 Å². The Kier molecular flexibility index (Phi) is 4.43. The number of benzene rings is 4. The van der Waals surface area contributed by atoms with Crippen molar-refractivity contribution < 1.29 is 24.7 Å². The van der Waals surface area contributed by atoms with Gasteiger partial charge in [0.2, 0.25) is 0 Å². The SMILES string of the molecule is CC(c1cccc2c1Cc1ccccc1-2)[CH]([Zr])c1cccc2c1Cc1ccccc1-2. The monoisotopic (exact) mass is 461 g/mol. The molecule has 2 aliphatic rings. The van der Waals surface area contributed by atoms with E-state index in [0.717, 1.165) is 12.8 Å². The van der Waals surface area contributed by atoms with Crippen LogP contribution in [-0.2, 0) is 37.6 Å². The molecular weight excluding hydrogens is 440 g/mol. The zero-order valence-electron chi connectivity index (χ0n) is 17.2. The number of rotatable bonds is 3. The third-order valence-electron chi connectivity index (χ3n) is 7.10. The fourth-order valence-electron chi connectivity index (χ4n) is 5.53. The number of hydrogen-bond donors (Lipinski definition) is 0. The molecule has 2 atom stereocenters. The first-order chi connectivity index (χ1) is 14.7. The summed E-state index contributed by atoms with van der Waals surface area (Å²) in [4.78, 5) is 0. The van der Waals surface area contributed by atoms with E-state index >= 15 is 0 Å². The van der Waals surface area contributed by atoms with Crippen LogP contribution in [0.2, 0.25) is 0 Å². The molecule has 0 aliphatic heterocycles. The second kappa shape index (κ2) is 7.17. The van der Waals surface area contributed by atoms with E-state index in [1.807, 2.05) is 0 Å². The molecule has 0 radical (unpaired) electrons. The van der Waals surface area contributed by atoms with Gasteiger partial charge in [-0.1, -0.05) is 0 Å². The molecule has 2 unspecified atom stereocenters. The van der Waals surface area contributed by atoms with Gasteiger partial charge in [-0.25, -0.2) is 0 Å². The second-order valence-electron chi connectivity index (χ2n) is 8.68. The molecule has 0 amide bonds. The summed E-state index contributed by atoms with van der Waals surface area (Å²) in [6, 6.07) is 31.8. The van der Waals surface area contributed by atoms with Crippen molar-refractivity contribution in [2.45, 2.75) is 29.3 Å². The quantitative estimate of drug-likeness (QED) is 0.260. The molecule has 0 fully saturated rings. The molecule has 4 aromatic carbocycles. The first-order valence-corrected chi connectivity index (χ1v) is 12.3. The van der Waals surface area contributed by atoms with Crippen LogP contribution in [0.5, 0.6) is 0 Å². The Morgan fingerprint density at radius 1 is 0.567 bits per heavy atom. The van der Waals surface area contributed by atoms with Crippen molar-refractivity contribution in [2.75, 3.05) is 0 Å². The Bertz CT molecular complexity index is 1180. The third-order valence-corrected chi connectivity index (χ3v) is 9.09. The van der Waals surface area contributed by atoms with Crippen molar-refractivity contribution in [3.63, 3.8) is 0 Å². The van der Waals surface area contributed by atoms with E-state index in [1.54, 1.807) is 47.0 Å². The number of fused-ring (bicyclic) bond motifs is 6. The van der Waals surface area contributed by atoms with Crippen LogP contribution in [0, 0.1) is 0 Å². The molecule has 6 rings (SSSR count). The predicted octanol–water partition coefficient (Wildman–Crippen LogP) is 7.22. The van der Waals surface area contributed by atoms with Crippen molar-refractivity contribution in [1.29, 1.82) is 0 Å². The summed E-state index contributed by atoms with van der Waals surface area (Å²) in [6.07, 6.45) is 2.16. The average Bonchev–Trinajstić information content (AvgIpc) is 3.36. The molecule has 0 nitrogen and oxygen atoms in total. The fourth-order valence-corrected chi connectivity index (χ4v) is 6.64. The molecule has 0 aromatic heterocycles. The second-order valence-corrected chi connectivity index (χ2v) is 10.2. The van der Waals surface area contributed by atoms with Crippen molar-refractivity contribution >= 4 is 0 Å².